The molecule has 38 heavy (non-hydrogen) atoms. The average molecular weight is 515 g/mol. The summed E-state index contributed by atoms with van der Waals surface area (Å²) in [6, 6.07) is 28.0. The van der Waals surface area contributed by atoms with Crippen molar-refractivity contribution in [2.24, 2.45) is 0 Å². The molecule has 1 saturated heterocycles. The third kappa shape index (κ3) is 6.47. The SMILES string of the molecule is CC[C@@H](B1OC(C)(C)C(C)(C)O1)[C@@H](c1cccc(OC(=O)O)c1)N(Cc1ccccc1)Cc1ccccc1. The van der Waals surface area contributed by atoms with E-state index in [1.54, 1.807) is 6.07 Å². The Morgan fingerprint density at radius 2 is 1.39 bits per heavy atom. The fourth-order valence-electron chi connectivity index (χ4n) is 5.11. The molecule has 3 aromatic rings. The van der Waals surface area contributed by atoms with E-state index in [4.69, 9.17) is 14.0 Å². The molecule has 0 radical (unpaired) electrons. The lowest BCUT2D eigenvalue weighted by molar-refractivity contribution is 0.00578. The molecule has 1 aliphatic rings. The average Bonchev–Trinajstić information content (AvgIpc) is 3.09. The van der Waals surface area contributed by atoms with Crippen molar-refractivity contribution in [2.75, 3.05) is 0 Å². The highest BCUT2D eigenvalue weighted by Crippen LogP contribution is 2.47. The van der Waals surface area contributed by atoms with Crippen molar-refractivity contribution in [3.63, 3.8) is 0 Å². The van der Waals surface area contributed by atoms with Gasteiger partial charge in [0.2, 0.25) is 0 Å². The first-order chi connectivity index (χ1) is 18.1. The number of rotatable bonds is 10. The van der Waals surface area contributed by atoms with Gasteiger partial charge >= 0.3 is 13.3 Å². The maximum absolute atomic E-state index is 11.3. The van der Waals surface area contributed by atoms with Crippen molar-refractivity contribution >= 4 is 13.3 Å². The van der Waals surface area contributed by atoms with Crippen LogP contribution in [-0.4, -0.2) is 34.5 Å². The number of hydrogen-bond donors (Lipinski definition) is 1. The van der Waals surface area contributed by atoms with Crippen molar-refractivity contribution in [3.8, 4) is 5.75 Å². The number of carbonyl (C=O) groups is 1. The van der Waals surface area contributed by atoms with E-state index in [1.165, 1.54) is 11.1 Å². The zero-order chi connectivity index (χ0) is 27.3. The molecule has 1 heterocycles. The lowest BCUT2D eigenvalue weighted by atomic mass is 9.64. The predicted molar refractivity (Wildman–Crippen MR) is 150 cm³/mol. The van der Waals surface area contributed by atoms with Crippen LogP contribution in [0.4, 0.5) is 4.79 Å². The van der Waals surface area contributed by atoms with Gasteiger partial charge < -0.3 is 19.2 Å². The molecule has 1 fully saturated rings. The van der Waals surface area contributed by atoms with E-state index in [2.05, 4.69) is 88.0 Å². The molecule has 6 nitrogen and oxygen atoms in total. The van der Waals surface area contributed by atoms with Crippen LogP contribution in [0, 0.1) is 0 Å². The summed E-state index contributed by atoms with van der Waals surface area (Å²) in [6.07, 6.45) is -0.534. The predicted octanol–water partition coefficient (Wildman–Crippen LogP) is 7.36. The van der Waals surface area contributed by atoms with Gasteiger partial charge in [-0.3, -0.25) is 4.90 Å². The fourth-order valence-corrected chi connectivity index (χ4v) is 5.11. The topological polar surface area (TPSA) is 68.2 Å². The molecule has 0 aromatic heterocycles. The Hall–Kier alpha value is -3.13. The van der Waals surface area contributed by atoms with Gasteiger partial charge in [0.05, 0.1) is 11.2 Å². The lowest BCUT2D eigenvalue weighted by Gasteiger charge is -2.38. The van der Waals surface area contributed by atoms with Crippen molar-refractivity contribution < 1.29 is 23.9 Å². The van der Waals surface area contributed by atoms with E-state index in [1.807, 2.05) is 30.3 Å². The van der Waals surface area contributed by atoms with Gasteiger partial charge in [-0.15, -0.1) is 0 Å². The molecule has 0 unspecified atom stereocenters. The monoisotopic (exact) mass is 515 g/mol. The minimum absolute atomic E-state index is 0.0384. The summed E-state index contributed by atoms with van der Waals surface area (Å²) in [5, 5.41) is 9.27. The second kappa shape index (κ2) is 11.7. The summed E-state index contributed by atoms with van der Waals surface area (Å²) in [6.45, 7) is 11.8. The van der Waals surface area contributed by atoms with Crippen LogP contribution < -0.4 is 4.74 Å². The van der Waals surface area contributed by atoms with Gasteiger partial charge in [-0.2, -0.15) is 0 Å². The van der Waals surface area contributed by atoms with Crippen LogP contribution in [-0.2, 0) is 22.4 Å². The maximum atomic E-state index is 11.3. The molecular weight excluding hydrogens is 477 g/mol. The van der Waals surface area contributed by atoms with Gasteiger partial charge in [-0.05, 0) is 56.5 Å². The molecule has 1 N–H and O–H groups in total. The molecule has 0 spiro atoms. The lowest BCUT2D eigenvalue weighted by Crippen LogP contribution is -2.41. The van der Waals surface area contributed by atoms with Gasteiger partial charge in [-0.1, -0.05) is 86.1 Å². The Kier molecular flexibility index (Phi) is 8.61. The number of ether oxygens (including phenoxy) is 1. The Balaban J connectivity index is 1.81. The summed E-state index contributed by atoms with van der Waals surface area (Å²) in [7, 11) is -0.437. The van der Waals surface area contributed by atoms with Gasteiger partial charge in [0.1, 0.15) is 5.75 Å². The van der Waals surface area contributed by atoms with Crippen LogP contribution in [0.25, 0.3) is 0 Å². The number of nitrogens with zero attached hydrogens (tertiary/aromatic N) is 1. The van der Waals surface area contributed by atoms with E-state index < -0.39 is 24.5 Å². The Morgan fingerprint density at radius 3 is 1.87 bits per heavy atom. The van der Waals surface area contributed by atoms with Crippen LogP contribution in [0.3, 0.4) is 0 Å². The summed E-state index contributed by atoms with van der Waals surface area (Å²) < 4.78 is 18.2. The van der Waals surface area contributed by atoms with Crippen LogP contribution >= 0.6 is 0 Å². The molecule has 3 aromatic carbocycles. The molecule has 0 saturated carbocycles. The fraction of sp³-hybridized carbons (Fsp3) is 0.387. The Bertz CT molecular complexity index is 1140. The summed E-state index contributed by atoms with van der Waals surface area (Å²) >= 11 is 0. The highest BCUT2D eigenvalue weighted by Gasteiger charge is 2.55. The van der Waals surface area contributed by atoms with Gasteiger partial charge in [0, 0.05) is 24.9 Å². The molecule has 0 aliphatic carbocycles. The van der Waals surface area contributed by atoms with E-state index in [9.17, 15) is 9.90 Å². The molecule has 200 valence electrons. The Morgan fingerprint density at radius 1 is 0.868 bits per heavy atom. The maximum Gasteiger partial charge on any atom is 0.511 e. The number of benzene rings is 3. The highest BCUT2D eigenvalue weighted by molar-refractivity contribution is 6.47. The number of carboxylic acid groups (broad SMARTS) is 1. The van der Waals surface area contributed by atoms with Crippen LogP contribution in [0.5, 0.6) is 5.75 Å². The first-order valence-electron chi connectivity index (χ1n) is 13.3. The molecule has 2 atom stereocenters. The summed E-state index contributed by atoms with van der Waals surface area (Å²) in [5.74, 6) is 0.256. The van der Waals surface area contributed by atoms with Crippen molar-refractivity contribution in [1.82, 2.24) is 4.90 Å². The second-order valence-electron chi connectivity index (χ2n) is 11.0. The van der Waals surface area contributed by atoms with Gasteiger partial charge in [-0.25, -0.2) is 4.79 Å². The molecule has 0 bridgehead atoms. The van der Waals surface area contributed by atoms with E-state index in [0.29, 0.717) is 18.8 Å². The normalized spacial score (nSPS) is 17.8. The Labute approximate surface area is 226 Å². The van der Waals surface area contributed by atoms with E-state index >= 15 is 0 Å². The minimum Gasteiger partial charge on any atom is -0.449 e. The van der Waals surface area contributed by atoms with Crippen LogP contribution in [0.2, 0.25) is 5.82 Å². The molecule has 4 rings (SSSR count). The van der Waals surface area contributed by atoms with Crippen LogP contribution in [0.1, 0.15) is 63.8 Å². The molecule has 7 heteroatoms. The number of hydrogen-bond acceptors (Lipinski definition) is 5. The summed E-state index contributed by atoms with van der Waals surface area (Å²) in [4.78, 5) is 13.8. The van der Waals surface area contributed by atoms with Crippen molar-refractivity contribution in [1.29, 1.82) is 0 Å². The smallest absolute Gasteiger partial charge is 0.449 e. The zero-order valence-electron chi connectivity index (χ0n) is 23.0. The van der Waals surface area contributed by atoms with E-state index in [-0.39, 0.29) is 11.9 Å². The molecule has 1 aliphatic heterocycles. The third-order valence-electron chi connectivity index (χ3n) is 7.75. The first-order valence-corrected chi connectivity index (χ1v) is 13.3. The molecule has 0 amide bonds. The third-order valence-corrected chi connectivity index (χ3v) is 7.75. The van der Waals surface area contributed by atoms with Crippen molar-refractivity contribution in [2.45, 2.75) is 77.2 Å². The minimum atomic E-state index is -1.33. The van der Waals surface area contributed by atoms with E-state index in [0.717, 1.165) is 12.0 Å². The largest absolute Gasteiger partial charge is 0.511 e. The van der Waals surface area contributed by atoms with Gasteiger partial charge in [0.15, 0.2) is 0 Å². The second-order valence-corrected chi connectivity index (χ2v) is 11.0. The standard InChI is InChI=1S/C31H38BNO5/c1-6-27(32-37-30(2,3)31(4,5)38-32)28(25-18-13-19-26(20-25)36-29(34)35)33(21-23-14-9-7-10-15-23)22-24-16-11-8-12-17-24/h7-20,27-28H,6,21-22H2,1-5H3,(H,34,35)/t27-,28-/m1/s1. The van der Waals surface area contributed by atoms with Gasteiger partial charge in [0.25, 0.3) is 0 Å². The quantitative estimate of drug-likeness (QED) is 0.173. The summed E-state index contributed by atoms with van der Waals surface area (Å²) in [5.41, 5.74) is 2.41. The molecular formula is C31H38BNO5. The van der Waals surface area contributed by atoms with Crippen molar-refractivity contribution in [3.05, 3.63) is 102 Å². The zero-order valence-corrected chi connectivity index (χ0v) is 23.0. The van der Waals surface area contributed by atoms with Crippen LogP contribution in [0.15, 0.2) is 84.9 Å². The highest BCUT2D eigenvalue weighted by atomic mass is 16.7. The first kappa shape index (κ1) is 27.9.